The SMILES string of the molecule is CCc1ccccc1NC(=O)CN1CCN(C(=O)COc2cc(C)ccc2C)CC1. The quantitative estimate of drug-likeness (QED) is 0.764. The van der Waals surface area contributed by atoms with Gasteiger partial charge in [-0.05, 0) is 49.1 Å². The van der Waals surface area contributed by atoms with Gasteiger partial charge in [0.05, 0.1) is 6.54 Å². The van der Waals surface area contributed by atoms with Crippen LogP contribution in [-0.2, 0) is 16.0 Å². The summed E-state index contributed by atoms with van der Waals surface area (Å²) in [5.41, 5.74) is 4.14. The molecule has 2 amide bonds. The van der Waals surface area contributed by atoms with E-state index in [1.807, 2.05) is 61.2 Å². The lowest BCUT2D eigenvalue weighted by molar-refractivity contribution is -0.135. The monoisotopic (exact) mass is 409 g/mol. The van der Waals surface area contributed by atoms with Crippen LogP contribution in [0.25, 0.3) is 0 Å². The second-order valence-electron chi connectivity index (χ2n) is 7.77. The van der Waals surface area contributed by atoms with Crippen molar-refractivity contribution in [1.82, 2.24) is 9.80 Å². The van der Waals surface area contributed by atoms with Crippen LogP contribution in [0, 0.1) is 13.8 Å². The van der Waals surface area contributed by atoms with E-state index in [0.29, 0.717) is 32.7 Å². The van der Waals surface area contributed by atoms with Gasteiger partial charge in [0, 0.05) is 31.9 Å². The van der Waals surface area contributed by atoms with Crippen molar-refractivity contribution >= 4 is 17.5 Å². The summed E-state index contributed by atoms with van der Waals surface area (Å²) in [6, 6.07) is 13.9. The smallest absolute Gasteiger partial charge is 0.260 e. The molecule has 0 spiro atoms. The third-order valence-electron chi connectivity index (χ3n) is 5.46. The van der Waals surface area contributed by atoms with E-state index in [1.165, 1.54) is 0 Å². The highest BCUT2D eigenvalue weighted by molar-refractivity contribution is 5.93. The van der Waals surface area contributed by atoms with Crippen molar-refractivity contribution in [3.8, 4) is 5.75 Å². The number of carbonyl (C=O) groups is 2. The maximum absolute atomic E-state index is 12.5. The Morgan fingerprint density at radius 1 is 1.03 bits per heavy atom. The maximum atomic E-state index is 12.5. The van der Waals surface area contributed by atoms with E-state index in [4.69, 9.17) is 4.74 Å². The minimum atomic E-state index is -0.0195. The number of piperazine rings is 1. The molecule has 1 fully saturated rings. The van der Waals surface area contributed by atoms with Crippen molar-refractivity contribution in [1.29, 1.82) is 0 Å². The summed E-state index contributed by atoms with van der Waals surface area (Å²) in [6.45, 7) is 8.99. The highest BCUT2D eigenvalue weighted by Gasteiger charge is 2.23. The van der Waals surface area contributed by atoms with E-state index in [-0.39, 0.29) is 18.4 Å². The molecule has 2 aromatic rings. The summed E-state index contributed by atoms with van der Waals surface area (Å²) >= 11 is 0. The molecule has 0 aromatic heterocycles. The highest BCUT2D eigenvalue weighted by Crippen LogP contribution is 2.19. The predicted octanol–water partition coefficient (Wildman–Crippen LogP) is 3.03. The van der Waals surface area contributed by atoms with Gasteiger partial charge >= 0.3 is 0 Å². The molecule has 2 aromatic carbocycles. The van der Waals surface area contributed by atoms with Crippen molar-refractivity contribution in [2.45, 2.75) is 27.2 Å². The molecular weight excluding hydrogens is 378 g/mol. The molecule has 1 heterocycles. The van der Waals surface area contributed by atoms with Crippen LogP contribution in [0.1, 0.15) is 23.6 Å². The van der Waals surface area contributed by atoms with Crippen LogP contribution < -0.4 is 10.1 Å². The molecule has 6 heteroatoms. The molecule has 3 rings (SSSR count). The topological polar surface area (TPSA) is 61.9 Å². The Morgan fingerprint density at radius 2 is 1.77 bits per heavy atom. The van der Waals surface area contributed by atoms with Gasteiger partial charge in [-0.3, -0.25) is 14.5 Å². The van der Waals surface area contributed by atoms with E-state index < -0.39 is 0 Å². The van der Waals surface area contributed by atoms with Crippen LogP contribution in [0.4, 0.5) is 5.69 Å². The third kappa shape index (κ3) is 5.83. The molecule has 1 aliphatic heterocycles. The van der Waals surface area contributed by atoms with Crippen LogP contribution in [0.15, 0.2) is 42.5 Å². The molecule has 0 unspecified atom stereocenters. The first kappa shape index (κ1) is 21.8. The third-order valence-corrected chi connectivity index (χ3v) is 5.46. The first-order valence-corrected chi connectivity index (χ1v) is 10.5. The van der Waals surface area contributed by atoms with Gasteiger partial charge in [0.1, 0.15) is 5.75 Å². The molecule has 0 saturated carbocycles. The average molecular weight is 410 g/mol. The van der Waals surface area contributed by atoms with E-state index >= 15 is 0 Å². The molecule has 0 bridgehead atoms. The fourth-order valence-electron chi connectivity index (χ4n) is 3.59. The van der Waals surface area contributed by atoms with E-state index in [0.717, 1.165) is 34.5 Å². The van der Waals surface area contributed by atoms with Crippen LogP contribution in [0.5, 0.6) is 5.75 Å². The lowest BCUT2D eigenvalue weighted by Gasteiger charge is -2.34. The molecule has 30 heavy (non-hydrogen) atoms. The van der Waals surface area contributed by atoms with Gasteiger partial charge < -0.3 is 15.0 Å². The standard InChI is InChI=1S/C24H31N3O3/c1-4-20-7-5-6-8-21(20)25-23(28)16-26-11-13-27(14-12-26)24(29)17-30-22-15-18(2)9-10-19(22)3/h5-10,15H,4,11-14,16-17H2,1-3H3,(H,25,28). The Labute approximate surface area is 178 Å². The summed E-state index contributed by atoms with van der Waals surface area (Å²) in [5, 5.41) is 3.01. The van der Waals surface area contributed by atoms with E-state index in [1.54, 1.807) is 0 Å². The first-order valence-electron chi connectivity index (χ1n) is 10.5. The molecule has 6 nitrogen and oxygen atoms in total. The number of para-hydroxylation sites is 1. The molecule has 1 saturated heterocycles. The molecular formula is C24H31N3O3. The van der Waals surface area contributed by atoms with Crippen LogP contribution in [-0.4, -0.2) is 60.9 Å². The van der Waals surface area contributed by atoms with Gasteiger partial charge in [0.25, 0.3) is 5.91 Å². The maximum Gasteiger partial charge on any atom is 0.260 e. The molecule has 0 aliphatic carbocycles. The molecule has 0 atom stereocenters. The number of anilines is 1. The Morgan fingerprint density at radius 3 is 2.50 bits per heavy atom. The van der Waals surface area contributed by atoms with Gasteiger partial charge in [-0.1, -0.05) is 37.3 Å². The number of amides is 2. The number of carbonyl (C=O) groups excluding carboxylic acids is 2. The van der Waals surface area contributed by atoms with Crippen molar-refractivity contribution in [3.63, 3.8) is 0 Å². The van der Waals surface area contributed by atoms with Crippen LogP contribution in [0.3, 0.4) is 0 Å². The van der Waals surface area contributed by atoms with Gasteiger partial charge in [-0.25, -0.2) is 0 Å². The number of nitrogens with one attached hydrogen (secondary N) is 1. The zero-order valence-electron chi connectivity index (χ0n) is 18.1. The number of aryl methyl sites for hydroxylation is 3. The average Bonchev–Trinajstić information content (AvgIpc) is 2.75. The van der Waals surface area contributed by atoms with Crippen molar-refractivity contribution in [2.24, 2.45) is 0 Å². The summed E-state index contributed by atoms with van der Waals surface area (Å²) in [4.78, 5) is 28.8. The molecule has 160 valence electrons. The number of rotatable bonds is 7. The fraction of sp³-hybridized carbons (Fsp3) is 0.417. The summed E-state index contributed by atoms with van der Waals surface area (Å²) in [7, 11) is 0. The highest BCUT2D eigenvalue weighted by atomic mass is 16.5. The lowest BCUT2D eigenvalue weighted by Crippen LogP contribution is -2.51. The predicted molar refractivity (Wildman–Crippen MR) is 119 cm³/mol. The van der Waals surface area contributed by atoms with Gasteiger partial charge in [-0.15, -0.1) is 0 Å². The Hall–Kier alpha value is -2.86. The Balaban J connectivity index is 1.43. The second kappa shape index (κ2) is 10.3. The lowest BCUT2D eigenvalue weighted by atomic mass is 10.1. The number of hydrogen-bond acceptors (Lipinski definition) is 4. The van der Waals surface area contributed by atoms with Gasteiger partial charge in [0.15, 0.2) is 6.61 Å². The second-order valence-corrected chi connectivity index (χ2v) is 7.77. The first-order chi connectivity index (χ1) is 14.5. The normalized spacial score (nSPS) is 14.4. The minimum Gasteiger partial charge on any atom is -0.483 e. The number of nitrogens with zero attached hydrogens (tertiary/aromatic N) is 2. The summed E-state index contributed by atoms with van der Waals surface area (Å²) in [5.74, 6) is 0.719. The zero-order valence-corrected chi connectivity index (χ0v) is 18.1. The van der Waals surface area contributed by atoms with Crippen LogP contribution in [0.2, 0.25) is 0 Å². The van der Waals surface area contributed by atoms with E-state index in [9.17, 15) is 9.59 Å². The Kier molecular flexibility index (Phi) is 7.46. The van der Waals surface area contributed by atoms with Gasteiger partial charge in [-0.2, -0.15) is 0 Å². The molecule has 1 aliphatic rings. The zero-order chi connectivity index (χ0) is 21.5. The number of hydrogen-bond donors (Lipinski definition) is 1. The number of ether oxygens (including phenoxy) is 1. The summed E-state index contributed by atoms with van der Waals surface area (Å²) in [6.07, 6.45) is 0.876. The number of benzene rings is 2. The van der Waals surface area contributed by atoms with Crippen molar-refractivity contribution in [2.75, 3.05) is 44.6 Å². The largest absolute Gasteiger partial charge is 0.483 e. The Bertz CT molecular complexity index is 889. The molecule has 1 N–H and O–H groups in total. The summed E-state index contributed by atoms with van der Waals surface area (Å²) < 4.78 is 5.74. The minimum absolute atomic E-state index is 0.0168. The van der Waals surface area contributed by atoms with Gasteiger partial charge in [0.2, 0.25) is 5.91 Å². The molecule has 0 radical (unpaired) electrons. The fourth-order valence-corrected chi connectivity index (χ4v) is 3.59. The van der Waals surface area contributed by atoms with Crippen molar-refractivity contribution < 1.29 is 14.3 Å². The van der Waals surface area contributed by atoms with Crippen molar-refractivity contribution in [3.05, 3.63) is 59.2 Å². The van der Waals surface area contributed by atoms with Crippen LogP contribution >= 0.6 is 0 Å². The van der Waals surface area contributed by atoms with E-state index in [2.05, 4.69) is 17.1 Å².